The third-order valence-corrected chi connectivity index (χ3v) is 5.08. The average molecular weight is 331 g/mol. The van der Waals surface area contributed by atoms with Gasteiger partial charge in [0.25, 0.3) is 5.91 Å². The van der Waals surface area contributed by atoms with Crippen LogP contribution in [0.2, 0.25) is 5.02 Å². The summed E-state index contributed by atoms with van der Waals surface area (Å²) < 4.78 is 0. The van der Waals surface area contributed by atoms with Crippen molar-refractivity contribution in [2.45, 2.75) is 25.2 Å². The van der Waals surface area contributed by atoms with Gasteiger partial charge in [-0.2, -0.15) is 0 Å². The Morgan fingerprint density at radius 1 is 1.30 bits per heavy atom. The number of rotatable bonds is 3. The van der Waals surface area contributed by atoms with Gasteiger partial charge >= 0.3 is 0 Å². The van der Waals surface area contributed by atoms with Crippen molar-refractivity contribution in [3.63, 3.8) is 0 Å². The first-order chi connectivity index (χ1) is 11.2. The first-order valence-corrected chi connectivity index (χ1v) is 8.54. The van der Waals surface area contributed by atoms with Crippen LogP contribution in [0.1, 0.15) is 41.2 Å². The number of aromatic nitrogens is 1. The second kappa shape index (κ2) is 5.77. The molecular formula is C18H19ClN2O2. The molecule has 1 aliphatic carbocycles. The van der Waals surface area contributed by atoms with E-state index in [1.807, 2.05) is 29.2 Å². The van der Waals surface area contributed by atoms with Crippen LogP contribution in [0, 0.1) is 5.92 Å². The molecule has 1 aromatic carbocycles. The standard InChI is InChI=1S/C18H19ClN2O2/c19-13-3-4-16-14(7-13)15(8-17(20-16)12-1-2-12)18(23)21-6-5-11(9-21)10-22/h3-4,7-8,11-12,22H,1-2,5-6,9-10H2. The van der Waals surface area contributed by atoms with Gasteiger partial charge in [-0.15, -0.1) is 0 Å². The van der Waals surface area contributed by atoms with E-state index >= 15 is 0 Å². The van der Waals surface area contributed by atoms with Crippen LogP contribution in [0.3, 0.4) is 0 Å². The van der Waals surface area contributed by atoms with Gasteiger partial charge in [-0.1, -0.05) is 11.6 Å². The van der Waals surface area contributed by atoms with E-state index in [1.165, 1.54) is 0 Å². The van der Waals surface area contributed by atoms with Crippen LogP contribution in [0.4, 0.5) is 0 Å². The Labute approximate surface area is 140 Å². The first kappa shape index (κ1) is 14.9. The SMILES string of the molecule is O=C(c1cc(C2CC2)nc2ccc(Cl)cc12)N1CCC(CO)C1. The molecule has 2 fully saturated rings. The summed E-state index contributed by atoms with van der Waals surface area (Å²) in [6, 6.07) is 7.48. The van der Waals surface area contributed by atoms with E-state index in [9.17, 15) is 9.90 Å². The van der Waals surface area contributed by atoms with Crippen LogP contribution in [0.5, 0.6) is 0 Å². The number of carbonyl (C=O) groups is 1. The van der Waals surface area contributed by atoms with Crippen LogP contribution in [0.25, 0.3) is 10.9 Å². The minimum atomic E-state index is 0.0255. The number of carbonyl (C=O) groups excluding carboxylic acids is 1. The summed E-state index contributed by atoms with van der Waals surface area (Å²) in [5.41, 5.74) is 2.54. The zero-order chi connectivity index (χ0) is 16.0. The Kier molecular flexibility index (Phi) is 3.74. The molecule has 120 valence electrons. The van der Waals surface area contributed by atoms with Crippen molar-refractivity contribution in [1.29, 1.82) is 0 Å². The quantitative estimate of drug-likeness (QED) is 0.940. The zero-order valence-corrected chi connectivity index (χ0v) is 13.6. The molecule has 0 spiro atoms. The smallest absolute Gasteiger partial charge is 0.254 e. The average Bonchev–Trinajstić information content (AvgIpc) is 3.30. The lowest BCUT2D eigenvalue weighted by Crippen LogP contribution is -2.29. The lowest BCUT2D eigenvalue weighted by atomic mass is 10.0. The summed E-state index contributed by atoms with van der Waals surface area (Å²) in [7, 11) is 0. The monoisotopic (exact) mass is 330 g/mol. The third-order valence-electron chi connectivity index (χ3n) is 4.85. The predicted molar refractivity (Wildman–Crippen MR) is 89.8 cm³/mol. The third kappa shape index (κ3) is 2.81. The molecule has 0 radical (unpaired) electrons. The van der Waals surface area contributed by atoms with E-state index in [0.29, 0.717) is 29.6 Å². The van der Waals surface area contributed by atoms with Crippen molar-refractivity contribution in [1.82, 2.24) is 9.88 Å². The topological polar surface area (TPSA) is 53.4 Å². The second-order valence-corrected chi connectivity index (χ2v) is 7.06. The van der Waals surface area contributed by atoms with Gasteiger partial charge < -0.3 is 10.0 Å². The lowest BCUT2D eigenvalue weighted by molar-refractivity contribution is 0.0783. The van der Waals surface area contributed by atoms with E-state index in [-0.39, 0.29) is 18.4 Å². The van der Waals surface area contributed by atoms with Crippen molar-refractivity contribution in [2.24, 2.45) is 5.92 Å². The van der Waals surface area contributed by atoms with Gasteiger partial charge in [-0.05, 0) is 43.5 Å². The summed E-state index contributed by atoms with van der Waals surface area (Å²) in [6.07, 6.45) is 3.16. The molecule has 1 aromatic heterocycles. The molecule has 2 heterocycles. The Hall–Kier alpha value is -1.65. The van der Waals surface area contributed by atoms with Crippen molar-refractivity contribution >= 4 is 28.4 Å². The van der Waals surface area contributed by atoms with Crippen LogP contribution in [-0.4, -0.2) is 40.6 Å². The number of aliphatic hydroxyl groups excluding tert-OH is 1. The molecule has 5 heteroatoms. The van der Waals surface area contributed by atoms with Gasteiger partial charge in [0, 0.05) is 47.6 Å². The molecule has 1 aliphatic heterocycles. The molecule has 1 N–H and O–H groups in total. The van der Waals surface area contributed by atoms with Gasteiger partial charge in [-0.3, -0.25) is 9.78 Å². The molecule has 4 rings (SSSR count). The number of pyridine rings is 1. The molecule has 2 aliphatic rings. The number of nitrogens with zero attached hydrogens (tertiary/aromatic N) is 2. The van der Waals surface area contributed by atoms with Gasteiger partial charge in [0.15, 0.2) is 0 Å². The molecule has 0 bridgehead atoms. The Bertz CT molecular complexity index is 773. The highest BCUT2D eigenvalue weighted by atomic mass is 35.5. The molecular weight excluding hydrogens is 312 g/mol. The van der Waals surface area contributed by atoms with Crippen molar-refractivity contribution in [2.75, 3.05) is 19.7 Å². The lowest BCUT2D eigenvalue weighted by Gasteiger charge is -2.18. The number of amides is 1. The Balaban J connectivity index is 1.77. The highest BCUT2D eigenvalue weighted by Gasteiger charge is 2.30. The van der Waals surface area contributed by atoms with Crippen LogP contribution >= 0.6 is 11.6 Å². The molecule has 2 aromatic rings. The van der Waals surface area contributed by atoms with E-state index in [4.69, 9.17) is 16.6 Å². The number of hydrogen-bond donors (Lipinski definition) is 1. The molecule has 1 atom stereocenters. The Morgan fingerprint density at radius 3 is 2.83 bits per heavy atom. The zero-order valence-electron chi connectivity index (χ0n) is 12.8. The summed E-state index contributed by atoms with van der Waals surface area (Å²) in [4.78, 5) is 19.6. The van der Waals surface area contributed by atoms with Crippen molar-refractivity contribution in [3.8, 4) is 0 Å². The van der Waals surface area contributed by atoms with Crippen molar-refractivity contribution in [3.05, 3.63) is 40.5 Å². The molecule has 4 nitrogen and oxygen atoms in total. The number of fused-ring (bicyclic) bond motifs is 1. The maximum Gasteiger partial charge on any atom is 0.254 e. The molecule has 1 saturated carbocycles. The number of benzene rings is 1. The van der Waals surface area contributed by atoms with E-state index < -0.39 is 0 Å². The van der Waals surface area contributed by atoms with Crippen LogP contribution in [0.15, 0.2) is 24.3 Å². The summed E-state index contributed by atoms with van der Waals surface area (Å²) in [5.74, 6) is 0.710. The van der Waals surface area contributed by atoms with Crippen LogP contribution in [-0.2, 0) is 0 Å². The summed E-state index contributed by atoms with van der Waals surface area (Å²) >= 11 is 6.13. The minimum absolute atomic E-state index is 0.0255. The first-order valence-electron chi connectivity index (χ1n) is 8.16. The van der Waals surface area contributed by atoms with Gasteiger partial charge in [0.1, 0.15) is 0 Å². The maximum absolute atomic E-state index is 13.0. The summed E-state index contributed by atoms with van der Waals surface area (Å²) in [5, 5.41) is 10.7. The van der Waals surface area contributed by atoms with E-state index in [2.05, 4.69) is 0 Å². The van der Waals surface area contributed by atoms with Crippen molar-refractivity contribution < 1.29 is 9.90 Å². The van der Waals surface area contributed by atoms with E-state index in [1.54, 1.807) is 0 Å². The van der Waals surface area contributed by atoms with Gasteiger partial charge in [0.05, 0.1) is 11.1 Å². The predicted octanol–water partition coefficient (Wildman–Crippen LogP) is 3.22. The largest absolute Gasteiger partial charge is 0.396 e. The minimum Gasteiger partial charge on any atom is -0.396 e. The normalized spacial score (nSPS) is 21.1. The summed E-state index contributed by atoms with van der Waals surface area (Å²) in [6.45, 7) is 1.46. The highest BCUT2D eigenvalue weighted by Crippen LogP contribution is 2.40. The second-order valence-electron chi connectivity index (χ2n) is 6.62. The molecule has 23 heavy (non-hydrogen) atoms. The molecule has 1 amide bonds. The number of halogens is 1. The number of likely N-dealkylation sites (tertiary alicyclic amines) is 1. The molecule has 1 unspecified atom stereocenters. The van der Waals surface area contributed by atoms with E-state index in [0.717, 1.165) is 35.9 Å². The fourth-order valence-corrected chi connectivity index (χ4v) is 3.49. The maximum atomic E-state index is 13.0. The number of aliphatic hydroxyl groups is 1. The van der Waals surface area contributed by atoms with Gasteiger partial charge in [0.2, 0.25) is 0 Å². The fourth-order valence-electron chi connectivity index (χ4n) is 3.32. The fraction of sp³-hybridized carbons (Fsp3) is 0.444. The molecule has 1 saturated heterocycles. The van der Waals surface area contributed by atoms with Crippen LogP contribution < -0.4 is 0 Å². The number of hydrogen-bond acceptors (Lipinski definition) is 3. The van der Waals surface area contributed by atoms with Gasteiger partial charge in [-0.25, -0.2) is 0 Å². The Morgan fingerprint density at radius 2 is 2.13 bits per heavy atom. The highest BCUT2D eigenvalue weighted by molar-refractivity contribution is 6.31.